The summed E-state index contributed by atoms with van der Waals surface area (Å²) in [7, 11) is 0. The number of nitrogens with zero attached hydrogens (tertiary/aromatic N) is 4. The number of hydrogen-bond donors (Lipinski definition) is 1. The van der Waals surface area contributed by atoms with Crippen LogP contribution in [0.15, 0.2) is 28.9 Å². The van der Waals surface area contributed by atoms with E-state index in [1.54, 1.807) is 12.3 Å². The highest BCUT2D eigenvalue weighted by Gasteiger charge is 2.13. The highest BCUT2D eigenvalue weighted by atomic mass is 32.1. The van der Waals surface area contributed by atoms with E-state index in [4.69, 9.17) is 4.52 Å². The van der Waals surface area contributed by atoms with Crippen molar-refractivity contribution in [2.75, 3.05) is 5.32 Å². The second-order valence-corrected chi connectivity index (χ2v) is 6.35. The zero-order valence-corrected chi connectivity index (χ0v) is 14.3. The van der Waals surface area contributed by atoms with Gasteiger partial charge in [0, 0.05) is 23.9 Å². The lowest BCUT2D eigenvalue weighted by Gasteiger charge is -1.98. The van der Waals surface area contributed by atoms with Crippen LogP contribution >= 0.6 is 11.3 Å². The fourth-order valence-electron chi connectivity index (χ4n) is 2.17. The maximum Gasteiger partial charge on any atom is 0.227 e. The molecule has 0 saturated heterocycles. The first-order valence-corrected chi connectivity index (χ1v) is 8.47. The number of aromatic nitrogens is 4. The van der Waals surface area contributed by atoms with Crippen LogP contribution in [0.4, 0.5) is 5.13 Å². The van der Waals surface area contributed by atoms with Crippen molar-refractivity contribution in [3.05, 3.63) is 40.9 Å². The van der Waals surface area contributed by atoms with Gasteiger partial charge in [0.15, 0.2) is 5.13 Å². The number of aryl methyl sites for hydroxylation is 3. The molecule has 0 unspecified atom stereocenters. The zero-order chi connectivity index (χ0) is 16.9. The molecule has 0 spiro atoms. The summed E-state index contributed by atoms with van der Waals surface area (Å²) >= 11 is 1.49. The maximum absolute atomic E-state index is 12.0. The van der Waals surface area contributed by atoms with E-state index >= 15 is 0 Å². The van der Waals surface area contributed by atoms with Crippen LogP contribution in [0.1, 0.15) is 29.8 Å². The monoisotopic (exact) mass is 343 g/mol. The molecule has 0 atom stereocenters. The predicted octanol–water partition coefficient (Wildman–Crippen LogP) is 3.03. The molecular formula is C16H17N5O2S. The average molecular weight is 343 g/mol. The van der Waals surface area contributed by atoms with Crippen molar-refractivity contribution in [1.29, 1.82) is 0 Å². The van der Waals surface area contributed by atoms with Gasteiger partial charge in [0.2, 0.25) is 17.6 Å². The topological polar surface area (TPSA) is 93.8 Å². The molecule has 8 heteroatoms. The lowest BCUT2D eigenvalue weighted by atomic mass is 10.3. The van der Waals surface area contributed by atoms with Gasteiger partial charge in [0.1, 0.15) is 5.69 Å². The molecule has 124 valence electrons. The van der Waals surface area contributed by atoms with E-state index in [1.807, 2.05) is 26.0 Å². The third-order valence-electron chi connectivity index (χ3n) is 3.40. The Balaban J connectivity index is 1.55. The molecule has 0 aliphatic carbocycles. The number of thiazole rings is 1. The van der Waals surface area contributed by atoms with Gasteiger partial charge >= 0.3 is 0 Å². The molecule has 3 aromatic heterocycles. The van der Waals surface area contributed by atoms with E-state index in [9.17, 15) is 4.79 Å². The molecule has 3 aromatic rings. The molecular weight excluding hydrogens is 326 g/mol. The number of nitrogens with one attached hydrogen (secondary N) is 1. The Labute approximate surface area is 143 Å². The molecule has 3 heterocycles. The predicted molar refractivity (Wildman–Crippen MR) is 90.7 cm³/mol. The Kier molecular flexibility index (Phi) is 4.95. The normalized spacial score (nSPS) is 10.8. The van der Waals surface area contributed by atoms with Crippen molar-refractivity contribution in [3.63, 3.8) is 0 Å². The molecule has 0 aliphatic heterocycles. The summed E-state index contributed by atoms with van der Waals surface area (Å²) in [6.07, 6.45) is 3.15. The van der Waals surface area contributed by atoms with Crippen LogP contribution in [0.25, 0.3) is 11.5 Å². The summed E-state index contributed by atoms with van der Waals surface area (Å²) in [5.41, 5.74) is 1.66. The summed E-state index contributed by atoms with van der Waals surface area (Å²) < 4.78 is 5.17. The third-order valence-corrected chi connectivity index (χ3v) is 4.33. The van der Waals surface area contributed by atoms with E-state index in [0.29, 0.717) is 29.0 Å². The number of hydrogen-bond acceptors (Lipinski definition) is 7. The minimum absolute atomic E-state index is 0.121. The standard InChI is InChI=1S/C16H17N5O2S/c1-3-11-10(2)24-16(18-11)19-13(22)7-8-14-20-15(21-23-14)12-6-4-5-9-17-12/h4-6,9H,3,7-8H2,1-2H3,(H,18,19,22). The number of rotatable bonds is 6. The van der Waals surface area contributed by atoms with E-state index in [1.165, 1.54) is 11.3 Å². The molecule has 7 nitrogen and oxygen atoms in total. The van der Waals surface area contributed by atoms with Crippen LogP contribution in [-0.4, -0.2) is 26.0 Å². The summed E-state index contributed by atoms with van der Waals surface area (Å²) in [5, 5.41) is 7.33. The average Bonchev–Trinajstić information content (AvgIpc) is 3.20. The van der Waals surface area contributed by atoms with Gasteiger partial charge in [-0.25, -0.2) is 4.98 Å². The fraction of sp³-hybridized carbons (Fsp3) is 0.312. The number of amides is 1. The van der Waals surface area contributed by atoms with Crippen molar-refractivity contribution < 1.29 is 9.32 Å². The summed E-state index contributed by atoms with van der Waals surface area (Å²) in [5.74, 6) is 0.716. The minimum atomic E-state index is -0.121. The number of pyridine rings is 1. The molecule has 1 N–H and O–H groups in total. The Hall–Kier alpha value is -2.61. The lowest BCUT2D eigenvalue weighted by molar-refractivity contribution is -0.116. The van der Waals surface area contributed by atoms with Crippen LogP contribution in [0.2, 0.25) is 0 Å². The SMILES string of the molecule is CCc1nc(NC(=O)CCc2nc(-c3ccccn3)no2)sc1C. The van der Waals surface area contributed by atoms with Crippen LogP contribution in [0.3, 0.4) is 0 Å². The molecule has 0 fully saturated rings. The Morgan fingerprint density at radius 2 is 2.21 bits per heavy atom. The first-order valence-electron chi connectivity index (χ1n) is 7.66. The molecule has 0 saturated carbocycles. The maximum atomic E-state index is 12.0. The summed E-state index contributed by atoms with van der Waals surface area (Å²) in [4.78, 5) is 26.0. The Bertz CT molecular complexity index is 828. The van der Waals surface area contributed by atoms with Crippen LogP contribution in [-0.2, 0) is 17.6 Å². The van der Waals surface area contributed by atoms with Gasteiger partial charge < -0.3 is 9.84 Å². The highest BCUT2D eigenvalue weighted by Crippen LogP contribution is 2.22. The van der Waals surface area contributed by atoms with Crippen molar-refractivity contribution in [3.8, 4) is 11.5 Å². The second-order valence-electron chi connectivity index (χ2n) is 5.15. The largest absolute Gasteiger partial charge is 0.339 e. The van der Waals surface area contributed by atoms with Gasteiger partial charge in [0.25, 0.3) is 0 Å². The van der Waals surface area contributed by atoms with Gasteiger partial charge in [-0.1, -0.05) is 18.1 Å². The van der Waals surface area contributed by atoms with Gasteiger partial charge in [-0.2, -0.15) is 4.98 Å². The third kappa shape index (κ3) is 3.83. The quantitative estimate of drug-likeness (QED) is 0.739. The van der Waals surface area contributed by atoms with Crippen molar-refractivity contribution in [2.45, 2.75) is 33.1 Å². The van der Waals surface area contributed by atoms with Crippen LogP contribution in [0.5, 0.6) is 0 Å². The minimum Gasteiger partial charge on any atom is -0.339 e. The molecule has 0 aromatic carbocycles. The van der Waals surface area contributed by atoms with Crippen LogP contribution in [0, 0.1) is 6.92 Å². The van der Waals surface area contributed by atoms with Crippen molar-refractivity contribution >= 4 is 22.4 Å². The van der Waals surface area contributed by atoms with Gasteiger partial charge in [-0.15, -0.1) is 11.3 Å². The van der Waals surface area contributed by atoms with Crippen molar-refractivity contribution in [2.24, 2.45) is 0 Å². The number of anilines is 1. The molecule has 0 radical (unpaired) electrons. The zero-order valence-electron chi connectivity index (χ0n) is 13.4. The van der Waals surface area contributed by atoms with E-state index < -0.39 is 0 Å². The smallest absolute Gasteiger partial charge is 0.227 e. The lowest BCUT2D eigenvalue weighted by Crippen LogP contribution is -2.12. The van der Waals surface area contributed by atoms with E-state index in [0.717, 1.165) is 17.0 Å². The van der Waals surface area contributed by atoms with Crippen molar-refractivity contribution in [1.82, 2.24) is 20.1 Å². The number of carbonyl (C=O) groups excluding carboxylic acids is 1. The van der Waals surface area contributed by atoms with Crippen LogP contribution < -0.4 is 5.32 Å². The second kappa shape index (κ2) is 7.31. The highest BCUT2D eigenvalue weighted by molar-refractivity contribution is 7.15. The molecule has 0 aliphatic rings. The van der Waals surface area contributed by atoms with Gasteiger partial charge in [-0.3, -0.25) is 9.78 Å². The number of carbonyl (C=O) groups is 1. The Morgan fingerprint density at radius 3 is 2.92 bits per heavy atom. The molecule has 0 bridgehead atoms. The molecule has 3 rings (SSSR count). The first-order chi connectivity index (χ1) is 11.7. The summed E-state index contributed by atoms with van der Waals surface area (Å²) in [6, 6.07) is 5.48. The molecule has 24 heavy (non-hydrogen) atoms. The van der Waals surface area contributed by atoms with E-state index in [2.05, 4.69) is 25.4 Å². The van der Waals surface area contributed by atoms with Gasteiger partial charge in [0.05, 0.1) is 5.69 Å². The van der Waals surface area contributed by atoms with Gasteiger partial charge in [-0.05, 0) is 25.5 Å². The Morgan fingerprint density at radius 1 is 1.33 bits per heavy atom. The fourth-order valence-corrected chi connectivity index (χ4v) is 3.09. The first kappa shape index (κ1) is 16.3. The summed E-state index contributed by atoms with van der Waals surface area (Å²) in [6.45, 7) is 4.05. The van der Waals surface area contributed by atoms with E-state index in [-0.39, 0.29) is 12.3 Å². The molecule has 1 amide bonds.